The van der Waals surface area contributed by atoms with E-state index in [4.69, 9.17) is 5.11 Å². The van der Waals surface area contributed by atoms with Gasteiger partial charge in [-0.3, -0.25) is 0 Å². The largest absolute Gasteiger partial charge is 0.396 e. The number of rotatable bonds is 5. The van der Waals surface area contributed by atoms with Crippen LogP contribution in [0.5, 0.6) is 0 Å². The van der Waals surface area contributed by atoms with E-state index in [-0.39, 0.29) is 11.9 Å². The molecule has 0 aromatic rings. The van der Waals surface area contributed by atoms with Gasteiger partial charge in [0.15, 0.2) is 0 Å². The van der Waals surface area contributed by atoms with Crippen molar-refractivity contribution in [3.05, 3.63) is 0 Å². The van der Waals surface area contributed by atoms with E-state index in [9.17, 15) is 8.42 Å². The summed E-state index contributed by atoms with van der Waals surface area (Å²) >= 11 is 0. The average molecular weight is 166 g/mol. The second-order valence-corrected chi connectivity index (χ2v) is 3.54. The van der Waals surface area contributed by atoms with Gasteiger partial charge in [-0.2, -0.15) is 0 Å². The van der Waals surface area contributed by atoms with Gasteiger partial charge in [0.05, 0.1) is 5.25 Å². The van der Waals surface area contributed by atoms with Crippen molar-refractivity contribution >= 4 is 10.7 Å². The lowest BCUT2D eigenvalue weighted by Crippen LogP contribution is -2.11. The smallest absolute Gasteiger partial charge is 0.143 e. The summed E-state index contributed by atoms with van der Waals surface area (Å²) in [4.78, 5) is 0. The van der Waals surface area contributed by atoms with Gasteiger partial charge in [0.25, 0.3) is 0 Å². The molecule has 1 atom stereocenters. The van der Waals surface area contributed by atoms with Crippen LogP contribution in [0.25, 0.3) is 0 Å². The Bertz CT molecular complexity index is 128. The zero-order valence-corrected chi connectivity index (χ0v) is 7.01. The lowest BCUT2D eigenvalue weighted by Gasteiger charge is -2.04. The van der Waals surface area contributed by atoms with Crippen molar-refractivity contribution in [2.24, 2.45) is 0 Å². The molecular weight excluding hydrogens is 152 g/mol. The normalized spacial score (nSPS) is 13.9. The van der Waals surface area contributed by atoms with Crippen LogP contribution in [0.2, 0.25) is 0 Å². The molecule has 1 unspecified atom stereocenters. The number of hydrogen-bond donors (Lipinski definition) is 2. The minimum absolute atomic E-state index is 0.0337. The molecule has 0 amide bonds. The van der Waals surface area contributed by atoms with Crippen LogP contribution in [0, 0.1) is 0 Å². The fourth-order valence-electron chi connectivity index (χ4n) is 0.837. The van der Waals surface area contributed by atoms with Gasteiger partial charge in [-0.1, -0.05) is 13.3 Å². The van der Waals surface area contributed by atoms with Gasteiger partial charge in [-0.25, -0.2) is 8.42 Å². The van der Waals surface area contributed by atoms with E-state index >= 15 is 0 Å². The second-order valence-electron chi connectivity index (χ2n) is 2.24. The van der Waals surface area contributed by atoms with Crippen molar-refractivity contribution in [2.45, 2.75) is 31.4 Å². The van der Waals surface area contributed by atoms with Crippen molar-refractivity contribution in [1.82, 2.24) is 0 Å². The maximum atomic E-state index is 10.4. The summed E-state index contributed by atoms with van der Waals surface area (Å²) in [6.45, 7) is 1.90. The standard InChI is InChI=1S/C6H14O3S/c1-2-3-6(4-5-7)10(8)9/h6-7,10H,2-5H2,1H3. The van der Waals surface area contributed by atoms with Crippen molar-refractivity contribution in [1.29, 1.82) is 0 Å². The molecule has 62 valence electrons. The molecule has 0 bridgehead atoms. The van der Waals surface area contributed by atoms with Crippen LogP contribution in [0.4, 0.5) is 0 Å². The van der Waals surface area contributed by atoms with E-state index < -0.39 is 10.7 Å². The van der Waals surface area contributed by atoms with Gasteiger partial charge in [0, 0.05) is 6.61 Å². The third kappa shape index (κ3) is 3.85. The van der Waals surface area contributed by atoms with Crippen LogP contribution in [0.1, 0.15) is 26.2 Å². The highest BCUT2D eigenvalue weighted by Crippen LogP contribution is 2.04. The Balaban J connectivity index is 3.73. The SMILES string of the molecule is CCCC(CCO)[SH](=O)=O. The number of hydrogen-bond acceptors (Lipinski definition) is 3. The monoisotopic (exact) mass is 166 g/mol. The van der Waals surface area contributed by atoms with Crippen LogP contribution in [-0.2, 0) is 10.7 Å². The van der Waals surface area contributed by atoms with Crippen LogP contribution in [0.3, 0.4) is 0 Å². The molecule has 1 N–H and O–H groups in total. The van der Waals surface area contributed by atoms with Crippen LogP contribution < -0.4 is 0 Å². The summed E-state index contributed by atoms with van der Waals surface area (Å²) in [5.41, 5.74) is 0. The fourth-order valence-corrected chi connectivity index (χ4v) is 1.63. The Kier molecular flexibility index (Phi) is 5.63. The lowest BCUT2D eigenvalue weighted by atomic mass is 10.2. The van der Waals surface area contributed by atoms with Crippen molar-refractivity contribution in [3.63, 3.8) is 0 Å². The van der Waals surface area contributed by atoms with Crippen LogP contribution in [-0.4, -0.2) is 25.4 Å². The molecule has 0 saturated carbocycles. The van der Waals surface area contributed by atoms with E-state index in [2.05, 4.69) is 0 Å². The summed E-state index contributed by atoms with van der Waals surface area (Å²) in [6.07, 6.45) is 1.90. The molecule has 0 aliphatic carbocycles. The van der Waals surface area contributed by atoms with Crippen molar-refractivity contribution in [3.8, 4) is 0 Å². The minimum Gasteiger partial charge on any atom is -0.396 e. The van der Waals surface area contributed by atoms with Gasteiger partial charge in [-0.15, -0.1) is 0 Å². The van der Waals surface area contributed by atoms with Gasteiger partial charge >= 0.3 is 0 Å². The molecule has 0 aromatic heterocycles. The first-order valence-corrected chi connectivity index (χ1v) is 4.71. The van der Waals surface area contributed by atoms with Gasteiger partial charge in [0.1, 0.15) is 10.7 Å². The minimum atomic E-state index is -2.34. The molecule has 0 heterocycles. The Morgan fingerprint density at radius 3 is 2.30 bits per heavy atom. The molecule has 0 radical (unpaired) electrons. The molecule has 0 fully saturated rings. The molecule has 4 heteroatoms. The first-order valence-electron chi connectivity index (χ1n) is 3.46. The number of thiol groups is 1. The molecule has 0 aliphatic heterocycles. The first-order chi connectivity index (χ1) is 4.72. The number of aliphatic hydroxyl groups is 1. The highest BCUT2D eigenvalue weighted by molar-refractivity contribution is 7.73. The second kappa shape index (κ2) is 5.68. The lowest BCUT2D eigenvalue weighted by molar-refractivity contribution is 0.284. The Labute approximate surface area is 63.0 Å². The Hall–Kier alpha value is -0.0900. The van der Waals surface area contributed by atoms with Gasteiger partial charge in [-0.05, 0) is 12.8 Å². The molecule has 3 nitrogen and oxygen atoms in total. The predicted molar refractivity (Wildman–Crippen MR) is 40.7 cm³/mol. The highest BCUT2D eigenvalue weighted by Gasteiger charge is 2.08. The first kappa shape index (κ1) is 9.91. The van der Waals surface area contributed by atoms with E-state index in [1.807, 2.05) is 6.92 Å². The van der Waals surface area contributed by atoms with Crippen molar-refractivity contribution < 1.29 is 13.5 Å². The summed E-state index contributed by atoms with van der Waals surface area (Å²) in [5.74, 6) is 0. The molecule has 0 aromatic carbocycles. The van der Waals surface area contributed by atoms with Crippen LogP contribution >= 0.6 is 0 Å². The van der Waals surface area contributed by atoms with E-state index in [0.29, 0.717) is 12.8 Å². The van der Waals surface area contributed by atoms with Crippen LogP contribution in [0.15, 0.2) is 0 Å². The van der Waals surface area contributed by atoms with Gasteiger partial charge < -0.3 is 5.11 Å². The molecular formula is C6H14O3S. The average Bonchev–Trinajstić information content (AvgIpc) is 1.87. The number of aliphatic hydroxyl groups excluding tert-OH is 1. The Morgan fingerprint density at radius 2 is 2.00 bits per heavy atom. The highest BCUT2D eigenvalue weighted by atomic mass is 32.2. The van der Waals surface area contributed by atoms with Gasteiger partial charge in [0.2, 0.25) is 0 Å². The third-order valence-corrected chi connectivity index (χ3v) is 2.50. The summed E-state index contributed by atoms with van der Waals surface area (Å²) in [5, 5.41) is 8.13. The van der Waals surface area contributed by atoms with E-state index in [0.717, 1.165) is 6.42 Å². The summed E-state index contributed by atoms with van der Waals surface area (Å²) in [7, 11) is -2.34. The molecule has 10 heavy (non-hydrogen) atoms. The molecule has 0 rings (SSSR count). The zero-order valence-electron chi connectivity index (χ0n) is 6.12. The topological polar surface area (TPSA) is 54.4 Å². The molecule has 0 aliphatic rings. The maximum Gasteiger partial charge on any atom is 0.143 e. The fraction of sp³-hybridized carbons (Fsp3) is 1.00. The predicted octanol–water partition coefficient (Wildman–Crippen LogP) is 0.149. The van der Waals surface area contributed by atoms with E-state index in [1.165, 1.54) is 0 Å². The summed E-state index contributed by atoms with van der Waals surface area (Å²) in [6, 6.07) is 0. The van der Waals surface area contributed by atoms with Crippen molar-refractivity contribution in [2.75, 3.05) is 6.61 Å². The quantitative estimate of drug-likeness (QED) is 0.572. The molecule has 0 saturated heterocycles. The zero-order chi connectivity index (χ0) is 7.98. The van der Waals surface area contributed by atoms with E-state index in [1.54, 1.807) is 0 Å². The Morgan fingerprint density at radius 1 is 1.40 bits per heavy atom. The maximum absolute atomic E-state index is 10.4. The summed E-state index contributed by atoms with van der Waals surface area (Å²) < 4.78 is 20.8. The molecule has 0 spiro atoms. The third-order valence-electron chi connectivity index (χ3n) is 1.38.